The van der Waals surface area contributed by atoms with Crippen molar-refractivity contribution in [3.8, 4) is 5.75 Å². The van der Waals surface area contributed by atoms with Gasteiger partial charge >= 0.3 is 11.9 Å². The predicted molar refractivity (Wildman–Crippen MR) is 99.5 cm³/mol. The van der Waals surface area contributed by atoms with E-state index in [2.05, 4.69) is 10.6 Å². The van der Waals surface area contributed by atoms with E-state index in [1.165, 1.54) is 6.92 Å². The van der Waals surface area contributed by atoms with Gasteiger partial charge in [-0.3, -0.25) is 25.0 Å². The van der Waals surface area contributed by atoms with Crippen LogP contribution in [0.3, 0.4) is 0 Å². The third-order valence-electron chi connectivity index (χ3n) is 5.47. The lowest BCUT2D eigenvalue weighted by atomic mass is 9.75. The molecule has 4 unspecified atom stereocenters. The normalized spacial score (nSPS) is 28.0. The third kappa shape index (κ3) is 2.89. The number of hydrogen-bond donors (Lipinski definition) is 3. The molecule has 2 fully saturated rings. The Morgan fingerprint density at radius 3 is 2.24 bits per heavy atom. The van der Waals surface area contributed by atoms with E-state index in [1.54, 1.807) is 54.6 Å². The van der Waals surface area contributed by atoms with E-state index in [0.29, 0.717) is 16.9 Å². The molecule has 2 saturated heterocycles. The van der Waals surface area contributed by atoms with Gasteiger partial charge in [0.05, 0.1) is 11.8 Å². The van der Waals surface area contributed by atoms with Crippen LogP contribution in [0.5, 0.6) is 5.75 Å². The Hall–Kier alpha value is -3.52. The number of imide groups is 1. The molecule has 2 aromatic rings. The first kappa shape index (κ1) is 18.8. The summed E-state index contributed by atoms with van der Waals surface area (Å²) in [6.45, 7) is 1.28. The topological polar surface area (TPSA) is 122 Å². The smallest absolute Gasteiger partial charge is 0.329 e. The van der Waals surface area contributed by atoms with Gasteiger partial charge in [-0.15, -0.1) is 0 Å². The second-order valence-electron chi connectivity index (χ2n) is 7.12. The molecule has 0 bridgehead atoms. The highest BCUT2D eigenvalue weighted by Crippen LogP contribution is 2.50. The van der Waals surface area contributed by atoms with Crippen LogP contribution < -0.4 is 15.4 Å². The first-order valence-electron chi connectivity index (χ1n) is 9.04. The summed E-state index contributed by atoms with van der Waals surface area (Å²) in [6.07, 6.45) is 0. The van der Waals surface area contributed by atoms with Gasteiger partial charge in [0.15, 0.2) is 5.54 Å². The maximum atomic E-state index is 12.6. The van der Waals surface area contributed by atoms with E-state index in [9.17, 15) is 24.3 Å². The summed E-state index contributed by atoms with van der Waals surface area (Å²) in [7, 11) is 0. The van der Waals surface area contributed by atoms with E-state index in [0.717, 1.165) is 0 Å². The molecule has 3 N–H and O–H groups in total. The molecule has 0 aromatic heterocycles. The molecule has 0 spiro atoms. The molecule has 8 heteroatoms. The Bertz CT molecular complexity index is 1000. The molecule has 4 rings (SSSR count). The molecule has 2 aliphatic heterocycles. The second-order valence-corrected chi connectivity index (χ2v) is 7.12. The van der Waals surface area contributed by atoms with Crippen LogP contribution in [0, 0.1) is 11.8 Å². The van der Waals surface area contributed by atoms with Crippen molar-refractivity contribution in [1.29, 1.82) is 0 Å². The van der Waals surface area contributed by atoms with E-state index in [4.69, 9.17) is 4.74 Å². The minimum atomic E-state index is -1.75. The van der Waals surface area contributed by atoms with Crippen molar-refractivity contribution in [2.24, 2.45) is 11.8 Å². The molecule has 2 aliphatic rings. The summed E-state index contributed by atoms with van der Waals surface area (Å²) < 4.78 is 5.02. The van der Waals surface area contributed by atoms with Gasteiger partial charge < -0.3 is 9.84 Å². The average molecular weight is 394 g/mol. The molecule has 29 heavy (non-hydrogen) atoms. The number of esters is 1. The van der Waals surface area contributed by atoms with E-state index >= 15 is 0 Å². The molecule has 2 amide bonds. The number of rotatable bonds is 4. The first-order chi connectivity index (χ1) is 13.8. The Labute approximate surface area is 165 Å². The van der Waals surface area contributed by atoms with Crippen LogP contribution in [-0.4, -0.2) is 28.9 Å². The molecule has 0 aliphatic carbocycles. The number of hydrogen-bond acceptors (Lipinski definition) is 6. The van der Waals surface area contributed by atoms with Crippen molar-refractivity contribution in [3.05, 3.63) is 65.7 Å². The van der Waals surface area contributed by atoms with Crippen LogP contribution in [0.2, 0.25) is 0 Å². The van der Waals surface area contributed by atoms with Gasteiger partial charge in [-0.1, -0.05) is 42.5 Å². The van der Waals surface area contributed by atoms with Crippen LogP contribution >= 0.6 is 0 Å². The van der Waals surface area contributed by atoms with Crippen molar-refractivity contribution in [1.82, 2.24) is 10.6 Å². The van der Waals surface area contributed by atoms with Crippen molar-refractivity contribution < 1.29 is 29.0 Å². The quantitative estimate of drug-likeness (QED) is 0.404. The number of fused-ring (bicyclic) bond motifs is 1. The van der Waals surface area contributed by atoms with Crippen molar-refractivity contribution in [2.75, 3.05) is 0 Å². The number of nitrogens with one attached hydrogen (secondary N) is 2. The zero-order valence-corrected chi connectivity index (χ0v) is 15.4. The van der Waals surface area contributed by atoms with Gasteiger partial charge in [-0.05, 0) is 23.3 Å². The Morgan fingerprint density at radius 1 is 1.00 bits per heavy atom. The number of carboxylic acids is 1. The van der Waals surface area contributed by atoms with Crippen LogP contribution in [0.25, 0.3) is 0 Å². The fourth-order valence-electron chi connectivity index (χ4n) is 4.31. The monoisotopic (exact) mass is 394 g/mol. The Morgan fingerprint density at radius 2 is 1.66 bits per heavy atom. The summed E-state index contributed by atoms with van der Waals surface area (Å²) in [5.74, 6) is -4.49. The van der Waals surface area contributed by atoms with Gasteiger partial charge in [-0.2, -0.15) is 0 Å². The van der Waals surface area contributed by atoms with Crippen molar-refractivity contribution in [3.63, 3.8) is 0 Å². The molecular formula is C21H18N2O6. The zero-order valence-electron chi connectivity index (χ0n) is 15.4. The highest BCUT2D eigenvalue weighted by Gasteiger charge is 2.67. The lowest BCUT2D eigenvalue weighted by Crippen LogP contribution is -2.52. The van der Waals surface area contributed by atoms with E-state index in [1.807, 2.05) is 0 Å². The van der Waals surface area contributed by atoms with Crippen LogP contribution in [0.4, 0.5) is 0 Å². The van der Waals surface area contributed by atoms with Crippen LogP contribution in [0.15, 0.2) is 54.6 Å². The summed E-state index contributed by atoms with van der Waals surface area (Å²) in [6, 6.07) is 14.1. The molecule has 2 heterocycles. The molecule has 8 nitrogen and oxygen atoms in total. The number of carbonyl (C=O) groups is 4. The number of carbonyl (C=O) groups excluding carboxylic acids is 3. The van der Waals surface area contributed by atoms with Gasteiger partial charge in [0.25, 0.3) is 0 Å². The number of aliphatic carboxylic acids is 1. The number of amides is 2. The zero-order chi connectivity index (χ0) is 20.8. The SMILES string of the molecule is CC(=O)Oc1ccc(C2NC(C(=O)O)(c3ccccc3)C3C(=O)NC(=O)C23)cc1. The minimum Gasteiger partial charge on any atom is -0.480 e. The third-order valence-corrected chi connectivity index (χ3v) is 5.47. The maximum absolute atomic E-state index is 12.6. The summed E-state index contributed by atoms with van der Waals surface area (Å²) >= 11 is 0. The Balaban J connectivity index is 1.81. The summed E-state index contributed by atoms with van der Waals surface area (Å²) in [4.78, 5) is 48.8. The fraction of sp³-hybridized carbons (Fsp3) is 0.238. The average Bonchev–Trinajstić information content (AvgIpc) is 3.20. The second kappa shape index (κ2) is 6.82. The van der Waals surface area contributed by atoms with Crippen LogP contribution in [0.1, 0.15) is 24.1 Å². The van der Waals surface area contributed by atoms with Gasteiger partial charge in [0.2, 0.25) is 11.8 Å². The molecule has 2 aromatic carbocycles. The standard InChI is InChI=1S/C21H18N2O6/c1-11(24)29-14-9-7-12(8-10-14)17-15-16(19(26)22-18(15)25)21(23-17,20(27)28)13-5-3-2-4-6-13/h2-10,15-17,23H,1H3,(H,27,28)(H,22,25,26). The molecule has 0 saturated carbocycles. The van der Waals surface area contributed by atoms with Crippen LogP contribution in [-0.2, 0) is 24.7 Å². The van der Waals surface area contributed by atoms with Gasteiger partial charge in [0.1, 0.15) is 5.75 Å². The number of ether oxygens (including phenoxy) is 1. The highest BCUT2D eigenvalue weighted by atomic mass is 16.5. The summed E-state index contributed by atoms with van der Waals surface area (Å²) in [5, 5.41) is 15.5. The van der Waals surface area contributed by atoms with Crippen molar-refractivity contribution >= 4 is 23.8 Å². The predicted octanol–water partition coefficient (Wildman–Crippen LogP) is 1.13. The number of benzene rings is 2. The minimum absolute atomic E-state index is 0.329. The first-order valence-corrected chi connectivity index (χ1v) is 9.04. The molecule has 0 radical (unpaired) electrons. The van der Waals surface area contributed by atoms with Crippen molar-refractivity contribution in [2.45, 2.75) is 18.5 Å². The highest BCUT2D eigenvalue weighted by molar-refractivity contribution is 6.09. The maximum Gasteiger partial charge on any atom is 0.329 e. The van der Waals surface area contributed by atoms with E-state index in [-0.39, 0.29) is 0 Å². The summed E-state index contributed by atoms with van der Waals surface area (Å²) in [5.41, 5.74) is -0.743. The lowest BCUT2D eigenvalue weighted by molar-refractivity contribution is -0.149. The Kier molecular flexibility index (Phi) is 4.43. The molecular weight excluding hydrogens is 376 g/mol. The fourth-order valence-corrected chi connectivity index (χ4v) is 4.31. The van der Waals surface area contributed by atoms with Gasteiger partial charge in [0, 0.05) is 13.0 Å². The molecule has 4 atom stereocenters. The largest absolute Gasteiger partial charge is 0.480 e. The number of carboxylic acid groups (broad SMARTS) is 1. The lowest BCUT2D eigenvalue weighted by Gasteiger charge is -2.30. The van der Waals surface area contributed by atoms with E-state index < -0.39 is 47.2 Å². The molecule has 148 valence electrons. The van der Waals surface area contributed by atoms with Gasteiger partial charge in [-0.25, -0.2) is 4.79 Å².